The second kappa shape index (κ2) is 3.74. The SMILES string of the molecule is [2H][C@@H](Br)C(O)c1ccccc1. The van der Waals surface area contributed by atoms with E-state index in [2.05, 4.69) is 15.9 Å². The van der Waals surface area contributed by atoms with E-state index in [0.29, 0.717) is 0 Å². The van der Waals surface area contributed by atoms with Gasteiger partial charge in [0.2, 0.25) is 0 Å². The van der Waals surface area contributed by atoms with Crippen molar-refractivity contribution in [2.75, 3.05) is 5.31 Å². The van der Waals surface area contributed by atoms with Crippen LogP contribution in [0.1, 0.15) is 13.0 Å². The Hall–Kier alpha value is -0.340. The second-order valence-corrected chi connectivity index (χ2v) is 2.51. The van der Waals surface area contributed by atoms with Crippen molar-refractivity contribution < 1.29 is 6.48 Å². The first-order valence-electron chi connectivity index (χ1n) is 3.59. The van der Waals surface area contributed by atoms with Gasteiger partial charge in [0, 0.05) is 6.68 Å². The smallest absolute Gasteiger partial charge is 0.0886 e. The van der Waals surface area contributed by atoms with E-state index in [1.54, 1.807) is 12.1 Å². The zero-order valence-electron chi connectivity index (χ0n) is 6.37. The minimum absolute atomic E-state index is 0.648. The molecule has 1 nitrogen and oxygen atoms in total. The summed E-state index contributed by atoms with van der Waals surface area (Å²) in [5, 5.41) is 8.72. The van der Waals surface area contributed by atoms with Crippen LogP contribution in [0.5, 0.6) is 0 Å². The Morgan fingerprint density at radius 1 is 1.50 bits per heavy atom. The molecule has 0 radical (unpaired) electrons. The van der Waals surface area contributed by atoms with Crippen LogP contribution >= 0.6 is 15.9 Å². The molecule has 0 spiro atoms. The van der Waals surface area contributed by atoms with Crippen molar-refractivity contribution in [2.24, 2.45) is 0 Å². The number of hydrogen-bond donors (Lipinski definition) is 1. The normalized spacial score (nSPS) is 17.6. The molecule has 1 N–H and O–H groups in total. The van der Waals surface area contributed by atoms with Crippen molar-refractivity contribution in [1.82, 2.24) is 0 Å². The summed E-state index contributed by atoms with van der Waals surface area (Å²) in [5.74, 6) is 0. The fourth-order valence-electron chi connectivity index (χ4n) is 0.723. The molecule has 0 amide bonds. The van der Waals surface area contributed by atoms with Gasteiger partial charge in [-0.1, -0.05) is 46.3 Å². The Balaban J connectivity index is 2.77. The molecule has 0 bridgehead atoms. The fourth-order valence-corrected chi connectivity index (χ4v) is 1.03. The van der Waals surface area contributed by atoms with Crippen LogP contribution in [0.3, 0.4) is 0 Å². The van der Waals surface area contributed by atoms with Crippen molar-refractivity contribution >= 4 is 15.9 Å². The molecule has 2 atom stereocenters. The lowest BCUT2D eigenvalue weighted by Crippen LogP contribution is -1.96. The van der Waals surface area contributed by atoms with Crippen LogP contribution in [0.4, 0.5) is 0 Å². The number of rotatable bonds is 2. The van der Waals surface area contributed by atoms with Crippen LogP contribution < -0.4 is 0 Å². The van der Waals surface area contributed by atoms with Gasteiger partial charge in [0.25, 0.3) is 0 Å². The maximum Gasteiger partial charge on any atom is 0.0886 e. The van der Waals surface area contributed by atoms with Crippen molar-refractivity contribution in [3.63, 3.8) is 0 Å². The van der Waals surface area contributed by atoms with Crippen LogP contribution in [0.15, 0.2) is 30.3 Å². The number of alkyl halides is 1. The maximum absolute atomic E-state index is 9.36. The van der Waals surface area contributed by atoms with Gasteiger partial charge >= 0.3 is 0 Å². The summed E-state index contributed by atoms with van der Waals surface area (Å²) in [6.45, 7) is 0. The van der Waals surface area contributed by atoms with E-state index in [9.17, 15) is 5.11 Å². The average Bonchev–Trinajstić information content (AvgIpc) is 2.05. The highest BCUT2D eigenvalue weighted by molar-refractivity contribution is 9.09. The molecular weight excluding hydrogens is 192 g/mol. The van der Waals surface area contributed by atoms with Gasteiger partial charge in [-0.2, -0.15) is 0 Å². The van der Waals surface area contributed by atoms with E-state index in [4.69, 9.17) is 1.37 Å². The number of benzene rings is 1. The molecule has 1 aromatic carbocycles. The summed E-state index contributed by atoms with van der Waals surface area (Å²) >= 11 is 2.99. The summed E-state index contributed by atoms with van der Waals surface area (Å²) < 4.78 is 7.19. The quantitative estimate of drug-likeness (QED) is 0.728. The largest absolute Gasteiger partial charge is 0.388 e. The summed E-state index contributed by atoms with van der Waals surface area (Å²) in [6, 6.07) is 9.16. The Morgan fingerprint density at radius 3 is 2.60 bits per heavy atom. The first-order valence-corrected chi connectivity index (χ1v) is 3.92. The standard InChI is InChI=1S/C8H9BrO/c9-6-8(10)7-4-2-1-3-5-7/h1-5,8,10H,6H2/i6D/t6-,8?/m1/s1. The molecule has 0 aliphatic heterocycles. The number of aliphatic hydroxyl groups excluding tert-OH is 1. The number of halogens is 1. The van der Waals surface area contributed by atoms with Crippen LogP contribution in [-0.2, 0) is 0 Å². The minimum Gasteiger partial charge on any atom is -0.388 e. The topological polar surface area (TPSA) is 20.2 Å². The second-order valence-electron chi connectivity index (χ2n) is 1.98. The summed E-state index contributed by atoms with van der Waals surface area (Å²) in [7, 11) is 0. The Bertz CT molecular complexity index is 213. The third-order valence-corrected chi connectivity index (χ3v) is 1.76. The van der Waals surface area contributed by atoms with Gasteiger partial charge in [-0.25, -0.2) is 0 Å². The maximum atomic E-state index is 9.36. The number of hydrogen-bond acceptors (Lipinski definition) is 1. The molecule has 1 unspecified atom stereocenters. The van der Waals surface area contributed by atoms with Crippen molar-refractivity contribution in [3.05, 3.63) is 35.9 Å². The molecule has 0 saturated heterocycles. The highest BCUT2D eigenvalue weighted by Crippen LogP contribution is 2.13. The van der Waals surface area contributed by atoms with Gasteiger partial charge in [0.1, 0.15) is 0 Å². The zero-order valence-corrected chi connectivity index (χ0v) is 6.95. The number of aliphatic hydroxyl groups is 1. The van der Waals surface area contributed by atoms with Gasteiger partial charge in [-0.05, 0) is 5.56 Å². The van der Waals surface area contributed by atoms with Gasteiger partial charge in [-0.3, -0.25) is 0 Å². The highest BCUT2D eigenvalue weighted by atomic mass is 79.9. The molecule has 0 fully saturated rings. The van der Waals surface area contributed by atoms with Crippen molar-refractivity contribution in [1.29, 1.82) is 0 Å². The van der Waals surface area contributed by atoms with Crippen molar-refractivity contribution in [3.8, 4) is 0 Å². The Labute approximate surface area is 70.2 Å². The highest BCUT2D eigenvalue weighted by Gasteiger charge is 2.01. The van der Waals surface area contributed by atoms with Crippen LogP contribution in [0, 0.1) is 0 Å². The van der Waals surface area contributed by atoms with Crippen LogP contribution in [-0.4, -0.2) is 10.4 Å². The first kappa shape index (κ1) is 6.38. The van der Waals surface area contributed by atoms with Gasteiger partial charge in [-0.15, -0.1) is 0 Å². The summed E-state index contributed by atoms with van der Waals surface area (Å²) in [5.41, 5.74) is 0.768. The van der Waals surface area contributed by atoms with E-state index in [-0.39, 0.29) is 0 Å². The predicted octanol–water partition coefficient (Wildman–Crippen LogP) is 2.11. The van der Waals surface area contributed by atoms with E-state index < -0.39 is 11.4 Å². The predicted molar refractivity (Wildman–Crippen MR) is 45.2 cm³/mol. The molecule has 0 aliphatic rings. The lowest BCUT2D eigenvalue weighted by atomic mass is 10.1. The van der Waals surface area contributed by atoms with Gasteiger partial charge in [0.05, 0.1) is 6.10 Å². The van der Waals surface area contributed by atoms with Crippen LogP contribution in [0.25, 0.3) is 0 Å². The Kier molecular flexibility index (Phi) is 2.38. The molecule has 54 valence electrons. The third kappa shape index (κ3) is 1.82. The molecule has 0 aromatic heterocycles. The Morgan fingerprint density at radius 2 is 2.10 bits per heavy atom. The zero-order chi connectivity index (χ0) is 8.27. The molecule has 1 aromatic rings. The molecular formula is C8H9BrO. The average molecular weight is 202 g/mol. The van der Waals surface area contributed by atoms with Crippen molar-refractivity contribution in [2.45, 2.75) is 6.10 Å². The molecule has 0 heterocycles. The van der Waals surface area contributed by atoms with E-state index >= 15 is 0 Å². The summed E-state index contributed by atoms with van der Waals surface area (Å²) in [6.07, 6.45) is -0.740. The molecule has 2 heteroatoms. The molecule has 0 saturated carbocycles. The van der Waals surface area contributed by atoms with Crippen LogP contribution in [0.2, 0.25) is 0 Å². The van der Waals surface area contributed by atoms with E-state index in [1.807, 2.05) is 18.2 Å². The van der Waals surface area contributed by atoms with Gasteiger partial charge < -0.3 is 5.11 Å². The van der Waals surface area contributed by atoms with Gasteiger partial charge in [0.15, 0.2) is 0 Å². The minimum atomic E-state index is -0.740. The lowest BCUT2D eigenvalue weighted by Gasteiger charge is -2.04. The fraction of sp³-hybridized carbons (Fsp3) is 0.250. The summed E-state index contributed by atoms with van der Waals surface area (Å²) in [4.78, 5) is 0. The molecule has 10 heavy (non-hydrogen) atoms. The monoisotopic (exact) mass is 201 g/mol. The third-order valence-electron chi connectivity index (χ3n) is 1.26. The molecule has 0 aliphatic carbocycles. The lowest BCUT2D eigenvalue weighted by molar-refractivity contribution is 0.205. The molecule has 1 rings (SSSR count). The van der Waals surface area contributed by atoms with E-state index in [1.165, 1.54) is 0 Å². The van der Waals surface area contributed by atoms with E-state index in [0.717, 1.165) is 5.56 Å². The first-order chi connectivity index (χ1) is 5.22.